The van der Waals surface area contributed by atoms with Crippen LogP contribution in [0.1, 0.15) is 0 Å². The molecule has 1 aromatic carbocycles. The van der Waals surface area contributed by atoms with Crippen LogP contribution in [0.2, 0.25) is 0 Å². The molecule has 0 saturated carbocycles. The molecule has 14 heavy (non-hydrogen) atoms. The van der Waals surface area contributed by atoms with E-state index in [1.807, 2.05) is 0 Å². The predicted molar refractivity (Wildman–Crippen MR) is 56.4 cm³/mol. The van der Waals surface area contributed by atoms with Crippen molar-refractivity contribution >= 4 is 37.5 Å². The zero-order valence-electron chi connectivity index (χ0n) is 6.83. The van der Waals surface area contributed by atoms with Crippen molar-refractivity contribution in [2.75, 3.05) is 11.9 Å². The SMILES string of the molecule is FC(F)(F)CNc1c(Br)cccc1Br. The molecule has 0 aliphatic heterocycles. The van der Waals surface area contributed by atoms with E-state index >= 15 is 0 Å². The first-order valence-corrected chi connectivity index (χ1v) is 5.23. The minimum atomic E-state index is -4.21. The molecule has 6 heteroatoms. The van der Waals surface area contributed by atoms with Gasteiger partial charge in [-0.2, -0.15) is 13.2 Å². The summed E-state index contributed by atoms with van der Waals surface area (Å²) in [6.07, 6.45) is -4.21. The average Bonchev–Trinajstić information content (AvgIpc) is 2.01. The largest absolute Gasteiger partial charge is 0.405 e. The number of nitrogens with one attached hydrogen (secondary N) is 1. The lowest BCUT2D eigenvalue weighted by Gasteiger charge is -2.12. The van der Waals surface area contributed by atoms with Gasteiger partial charge in [-0.3, -0.25) is 0 Å². The normalized spacial score (nSPS) is 11.5. The molecule has 0 aliphatic rings. The third kappa shape index (κ3) is 3.49. The summed E-state index contributed by atoms with van der Waals surface area (Å²) in [4.78, 5) is 0. The minimum absolute atomic E-state index is 0.407. The quantitative estimate of drug-likeness (QED) is 0.856. The van der Waals surface area contributed by atoms with Crippen LogP contribution in [0.25, 0.3) is 0 Å². The van der Waals surface area contributed by atoms with E-state index < -0.39 is 12.7 Å². The van der Waals surface area contributed by atoms with Crippen LogP contribution in [0.5, 0.6) is 0 Å². The van der Waals surface area contributed by atoms with Gasteiger partial charge in [-0.25, -0.2) is 0 Å². The molecule has 78 valence electrons. The summed E-state index contributed by atoms with van der Waals surface area (Å²) in [6.45, 7) is -1.05. The first-order chi connectivity index (χ1) is 6.40. The Balaban J connectivity index is 2.77. The van der Waals surface area contributed by atoms with E-state index in [-0.39, 0.29) is 0 Å². The van der Waals surface area contributed by atoms with Gasteiger partial charge in [-0.1, -0.05) is 6.07 Å². The molecule has 0 heterocycles. The van der Waals surface area contributed by atoms with Gasteiger partial charge in [-0.15, -0.1) is 0 Å². The number of anilines is 1. The molecule has 1 nitrogen and oxygen atoms in total. The standard InChI is InChI=1S/C8H6Br2F3N/c9-5-2-1-3-6(10)7(5)14-4-8(11,12)13/h1-3,14H,4H2. The zero-order valence-corrected chi connectivity index (χ0v) is 10.0. The van der Waals surface area contributed by atoms with Crippen LogP contribution in [-0.4, -0.2) is 12.7 Å². The fraction of sp³-hybridized carbons (Fsp3) is 0.250. The second kappa shape index (κ2) is 4.53. The lowest BCUT2D eigenvalue weighted by atomic mass is 10.3. The van der Waals surface area contributed by atoms with Crippen molar-refractivity contribution < 1.29 is 13.2 Å². The molecule has 1 aromatic rings. The summed E-state index contributed by atoms with van der Waals surface area (Å²) in [7, 11) is 0. The lowest BCUT2D eigenvalue weighted by Crippen LogP contribution is -2.21. The third-order valence-electron chi connectivity index (χ3n) is 1.43. The van der Waals surface area contributed by atoms with Gasteiger partial charge in [0.25, 0.3) is 0 Å². The Morgan fingerprint density at radius 2 is 1.64 bits per heavy atom. The molecule has 0 atom stereocenters. The fourth-order valence-corrected chi connectivity index (χ4v) is 2.13. The van der Waals surface area contributed by atoms with E-state index in [4.69, 9.17) is 0 Å². The third-order valence-corrected chi connectivity index (χ3v) is 2.75. The monoisotopic (exact) mass is 331 g/mol. The van der Waals surface area contributed by atoms with Crippen molar-refractivity contribution in [3.63, 3.8) is 0 Å². The second-order valence-electron chi connectivity index (χ2n) is 2.57. The van der Waals surface area contributed by atoms with E-state index in [0.29, 0.717) is 14.6 Å². The first-order valence-electron chi connectivity index (χ1n) is 3.65. The molecule has 1 rings (SSSR count). The van der Waals surface area contributed by atoms with Crippen molar-refractivity contribution in [2.45, 2.75) is 6.18 Å². The number of alkyl halides is 3. The highest BCUT2D eigenvalue weighted by Gasteiger charge is 2.27. The summed E-state index contributed by atoms with van der Waals surface area (Å²) in [6, 6.07) is 5.07. The maximum Gasteiger partial charge on any atom is 0.405 e. The minimum Gasteiger partial charge on any atom is -0.375 e. The summed E-state index contributed by atoms with van der Waals surface area (Å²) in [5, 5.41) is 2.30. The maximum atomic E-state index is 11.9. The van der Waals surface area contributed by atoms with Crippen LogP contribution in [0, 0.1) is 0 Å². The molecule has 0 bridgehead atoms. The van der Waals surface area contributed by atoms with Crippen LogP contribution < -0.4 is 5.32 Å². The van der Waals surface area contributed by atoms with Gasteiger partial charge < -0.3 is 5.32 Å². The van der Waals surface area contributed by atoms with Crippen LogP contribution in [-0.2, 0) is 0 Å². The van der Waals surface area contributed by atoms with Gasteiger partial charge in [0.1, 0.15) is 6.54 Å². The Kier molecular flexibility index (Phi) is 3.83. The number of hydrogen-bond donors (Lipinski definition) is 1. The van der Waals surface area contributed by atoms with Crippen molar-refractivity contribution in [1.82, 2.24) is 0 Å². The van der Waals surface area contributed by atoms with Crippen LogP contribution >= 0.6 is 31.9 Å². The number of hydrogen-bond acceptors (Lipinski definition) is 1. The van der Waals surface area contributed by atoms with E-state index in [2.05, 4.69) is 37.2 Å². The van der Waals surface area contributed by atoms with Crippen molar-refractivity contribution in [1.29, 1.82) is 0 Å². The Bertz CT molecular complexity index is 305. The molecular weight excluding hydrogens is 327 g/mol. The Hall–Kier alpha value is -0.230. The fourth-order valence-electron chi connectivity index (χ4n) is 0.855. The van der Waals surface area contributed by atoms with Gasteiger partial charge in [0.2, 0.25) is 0 Å². The summed E-state index contributed by atoms with van der Waals surface area (Å²) < 4.78 is 36.9. The van der Waals surface area contributed by atoms with Gasteiger partial charge >= 0.3 is 6.18 Å². The van der Waals surface area contributed by atoms with Gasteiger partial charge in [0.05, 0.1) is 5.69 Å². The average molecular weight is 333 g/mol. The van der Waals surface area contributed by atoms with Gasteiger partial charge in [0.15, 0.2) is 0 Å². The number of benzene rings is 1. The van der Waals surface area contributed by atoms with E-state index in [1.54, 1.807) is 18.2 Å². The molecular formula is C8H6Br2F3N. The number of halogens is 5. The van der Waals surface area contributed by atoms with Crippen molar-refractivity contribution in [2.24, 2.45) is 0 Å². The molecule has 0 fully saturated rings. The van der Waals surface area contributed by atoms with Crippen LogP contribution in [0.15, 0.2) is 27.1 Å². The summed E-state index contributed by atoms with van der Waals surface area (Å²) in [5.41, 5.74) is 0.407. The molecule has 0 aromatic heterocycles. The zero-order chi connectivity index (χ0) is 10.8. The number of para-hydroxylation sites is 1. The molecule has 0 spiro atoms. The lowest BCUT2D eigenvalue weighted by molar-refractivity contribution is -0.115. The van der Waals surface area contributed by atoms with Crippen LogP contribution in [0.3, 0.4) is 0 Å². The van der Waals surface area contributed by atoms with Gasteiger partial charge in [-0.05, 0) is 44.0 Å². The summed E-state index contributed by atoms with van der Waals surface area (Å²) in [5.74, 6) is 0. The van der Waals surface area contributed by atoms with Crippen molar-refractivity contribution in [3.8, 4) is 0 Å². The Morgan fingerprint density at radius 3 is 2.07 bits per heavy atom. The first kappa shape index (κ1) is 11.8. The molecule has 1 N–H and O–H groups in total. The van der Waals surface area contributed by atoms with Crippen molar-refractivity contribution in [3.05, 3.63) is 27.1 Å². The van der Waals surface area contributed by atoms with E-state index in [9.17, 15) is 13.2 Å². The topological polar surface area (TPSA) is 12.0 Å². The molecule has 0 amide bonds. The predicted octanol–water partition coefficient (Wildman–Crippen LogP) is 4.19. The highest BCUT2D eigenvalue weighted by Crippen LogP contribution is 2.31. The Morgan fingerprint density at radius 1 is 1.14 bits per heavy atom. The molecule has 0 radical (unpaired) electrons. The molecule has 0 saturated heterocycles. The molecule has 0 unspecified atom stereocenters. The maximum absolute atomic E-state index is 11.9. The second-order valence-corrected chi connectivity index (χ2v) is 4.27. The highest BCUT2D eigenvalue weighted by molar-refractivity contribution is 9.11. The number of rotatable bonds is 2. The smallest absolute Gasteiger partial charge is 0.375 e. The van der Waals surface area contributed by atoms with Gasteiger partial charge in [0, 0.05) is 8.95 Å². The Labute approximate surface area is 95.9 Å². The van der Waals surface area contributed by atoms with E-state index in [1.165, 1.54) is 0 Å². The van der Waals surface area contributed by atoms with Crippen LogP contribution in [0.4, 0.5) is 18.9 Å². The summed E-state index contributed by atoms with van der Waals surface area (Å²) >= 11 is 6.31. The van der Waals surface area contributed by atoms with E-state index in [0.717, 1.165) is 0 Å². The molecule has 0 aliphatic carbocycles. The highest BCUT2D eigenvalue weighted by atomic mass is 79.9.